The molecule has 0 unspecified atom stereocenters. The Morgan fingerprint density at radius 1 is 0.585 bits per heavy atom. The predicted octanol–water partition coefficient (Wildman–Crippen LogP) is 14.2. The van der Waals surface area contributed by atoms with Crippen molar-refractivity contribution in [3.8, 4) is 0 Å². The van der Waals surface area contributed by atoms with Crippen LogP contribution in [0.25, 0.3) is 0 Å². The average molecular weight is 968 g/mol. The summed E-state index contributed by atoms with van der Waals surface area (Å²) in [5.74, 6) is -0.538. The van der Waals surface area contributed by atoms with Crippen molar-refractivity contribution in [2.75, 3.05) is 44.8 Å². The van der Waals surface area contributed by atoms with Gasteiger partial charge in [0.25, 0.3) is 0 Å². The van der Waals surface area contributed by atoms with E-state index >= 15 is 0 Å². The molecule has 25 heteroatoms. The first kappa shape index (κ1) is 49.4. The third-order valence-corrected chi connectivity index (χ3v) is 11.0. The van der Waals surface area contributed by atoms with Crippen LogP contribution in [0.4, 0.5) is 98.4 Å². The van der Waals surface area contributed by atoms with Gasteiger partial charge in [-0.05, 0) is 97.2 Å². The Morgan fingerprint density at radius 3 is 1.28 bits per heavy atom. The van der Waals surface area contributed by atoms with Gasteiger partial charge in [0.15, 0.2) is 11.6 Å². The molecular formula is C40H41F12N11S2. The largest absolute Gasteiger partial charge is 0.463 e. The molecule has 4 heterocycles. The standard InChI is InChI=1S/C40H41F12N11S2/c1-23(2)21-60-13-5-7-25-15-29(55-57-35-11-9-27(19-53-35)37(41,42)43)33(17-31(25)60)62(64-39(47,48)49)59-63(65-40(50,51)52)34-18-32-26(8-6-14-61(32)22-24(3)4)16-30(34)56-58-36-12-10-28(20-54-36)38(44,45)46/h9-12,15-20,23-24,59H,5-8,13-14,21-22H2,1-4H3/b57-55+,58-56+. The van der Waals surface area contributed by atoms with E-state index in [4.69, 9.17) is 0 Å². The summed E-state index contributed by atoms with van der Waals surface area (Å²) >= 11 is -1.72. The van der Waals surface area contributed by atoms with E-state index in [1.165, 1.54) is 24.3 Å². The molecule has 2 aliphatic rings. The van der Waals surface area contributed by atoms with Gasteiger partial charge in [-0.2, -0.15) is 52.7 Å². The maximum atomic E-state index is 14.7. The molecule has 65 heavy (non-hydrogen) atoms. The highest BCUT2D eigenvalue weighted by molar-refractivity contribution is 8.02. The van der Waals surface area contributed by atoms with Gasteiger partial charge in [-0.1, -0.05) is 27.7 Å². The number of nitrogens with zero attached hydrogens (tertiary/aromatic N) is 10. The van der Waals surface area contributed by atoms with E-state index in [-0.39, 0.29) is 34.8 Å². The first-order valence-electron chi connectivity index (χ1n) is 19.9. The number of rotatable bonds is 14. The Hall–Kier alpha value is -5.04. The van der Waals surface area contributed by atoms with Crippen molar-refractivity contribution in [2.24, 2.45) is 32.3 Å². The summed E-state index contributed by atoms with van der Waals surface area (Å²) in [7, 11) is 0. The maximum absolute atomic E-state index is 14.7. The number of aromatic nitrogens is 2. The molecule has 0 radical (unpaired) electrons. The van der Waals surface area contributed by atoms with Gasteiger partial charge in [-0.25, -0.2) is 18.8 Å². The lowest BCUT2D eigenvalue weighted by Gasteiger charge is -2.37. The van der Waals surface area contributed by atoms with Crippen molar-refractivity contribution in [3.63, 3.8) is 0 Å². The second-order valence-electron chi connectivity index (χ2n) is 15.8. The van der Waals surface area contributed by atoms with Gasteiger partial charge in [-0.3, -0.25) is 0 Å². The van der Waals surface area contributed by atoms with Crippen LogP contribution in [0.15, 0.2) is 81.4 Å². The topological polar surface area (TPSA) is 100 Å². The minimum atomic E-state index is -5.17. The summed E-state index contributed by atoms with van der Waals surface area (Å²) in [6, 6.07) is 8.62. The number of hydrogen-bond acceptors (Lipinski definition) is 13. The number of nitrogens with one attached hydrogen (secondary N) is 1. The summed E-state index contributed by atoms with van der Waals surface area (Å²) < 4.78 is 169. The summed E-state index contributed by atoms with van der Waals surface area (Å²) in [5.41, 5.74) is -9.58. The molecule has 0 atom stereocenters. The third kappa shape index (κ3) is 13.5. The van der Waals surface area contributed by atoms with Gasteiger partial charge in [0, 0.05) is 49.9 Å². The van der Waals surface area contributed by atoms with Crippen molar-refractivity contribution in [3.05, 3.63) is 83.2 Å². The van der Waals surface area contributed by atoms with Gasteiger partial charge in [-0.15, -0.1) is 26.0 Å². The van der Waals surface area contributed by atoms with Crippen molar-refractivity contribution >= 4 is 69.7 Å². The van der Waals surface area contributed by atoms with E-state index in [0.29, 0.717) is 108 Å². The lowest BCUT2D eigenvalue weighted by atomic mass is 9.99. The summed E-state index contributed by atoms with van der Waals surface area (Å²) in [6.07, 6.45) is -6.33. The fourth-order valence-electron chi connectivity index (χ4n) is 7.09. The number of azo groups is 2. The molecule has 6 rings (SSSR count). The van der Waals surface area contributed by atoms with Gasteiger partial charge in [0.1, 0.15) is 11.4 Å². The molecule has 0 saturated heterocycles. The van der Waals surface area contributed by atoms with E-state index in [1.807, 2.05) is 37.5 Å². The number of halogens is 12. The van der Waals surface area contributed by atoms with Crippen LogP contribution in [0, 0.1) is 11.8 Å². The first-order valence-corrected chi connectivity index (χ1v) is 21.5. The fourth-order valence-corrected chi connectivity index (χ4v) is 8.29. The van der Waals surface area contributed by atoms with Crippen molar-refractivity contribution < 1.29 is 52.7 Å². The summed E-state index contributed by atoms with van der Waals surface area (Å²) in [6.45, 7) is 9.64. The molecule has 2 aromatic carbocycles. The molecule has 0 fully saturated rings. The van der Waals surface area contributed by atoms with Crippen LogP contribution in [0.5, 0.6) is 0 Å². The van der Waals surface area contributed by atoms with Gasteiger partial charge < -0.3 is 9.80 Å². The monoisotopic (exact) mass is 967 g/mol. The van der Waals surface area contributed by atoms with Gasteiger partial charge >= 0.3 is 23.4 Å². The smallest absolute Gasteiger partial charge is 0.371 e. The number of hydrazine groups is 2. The van der Waals surface area contributed by atoms with Crippen LogP contribution >= 0.6 is 23.9 Å². The van der Waals surface area contributed by atoms with Crippen LogP contribution in [0.3, 0.4) is 0 Å². The summed E-state index contributed by atoms with van der Waals surface area (Å²) in [5, 5.41) is 16.0. The molecule has 2 aromatic heterocycles. The molecule has 4 aromatic rings. The molecule has 2 aliphatic heterocycles. The van der Waals surface area contributed by atoms with Gasteiger partial charge in [0.2, 0.25) is 0 Å². The van der Waals surface area contributed by atoms with Crippen LogP contribution in [-0.4, -0.2) is 47.2 Å². The van der Waals surface area contributed by atoms with Crippen molar-refractivity contribution in [1.29, 1.82) is 0 Å². The number of aryl methyl sites for hydroxylation is 2. The minimum absolute atomic E-state index is 0.0802. The molecule has 0 spiro atoms. The molecular weight excluding hydrogens is 927 g/mol. The van der Waals surface area contributed by atoms with Crippen molar-refractivity contribution in [1.82, 2.24) is 15.5 Å². The Kier molecular flexibility index (Phi) is 15.1. The minimum Gasteiger partial charge on any atom is -0.371 e. The second-order valence-corrected chi connectivity index (χ2v) is 17.8. The average Bonchev–Trinajstić information content (AvgIpc) is 3.19. The van der Waals surface area contributed by atoms with Crippen LogP contribution in [0.1, 0.15) is 62.8 Å². The summed E-state index contributed by atoms with van der Waals surface area (Å²) in [4.78, 5) is 11.2. The Labute approximate surface area is 374 Å². The van der Waals surface area contributed by atoms with E-state index in [0.717, 1.165) is 12.1 Å². The molecule has 1 N–H and O–H groups in total. The normalized spacial score (nSPS) is 15.1. The van der Waals surface area contributed by atoms with Crippen LogP contribution < -0.4 is 24.2 Å². The number of benzene rings is 2. The van der Waals surface area contributed by atoms with Crippen LogP contribution in [-0.2, 0) is 25.2 Å². The zero-order valence-corrected chi connectivity index (χ0v) is 36.5. The molecule has 0 saturated carbocycles. The second kappa shape index (κ2) is 19.8. The quantitative estimate of drug-likeness (QED) is 0.0573. The van der Waals surface area contributed by atoms with E-state index < -0.39 is 69.8 Å². The molecule has 0 bridgehead atoms. The SMILES string of the molecule is CC(C)CN1CCCc2cc(/N=N/c3ccc(C(F)(F)F)cn3)c(N(NN(SC(F)(F)F)c3cc4c(cc3/N=N/c3ccc(C(F)(F)F)cn3)CCCN4CC(C)C)SC(F)(F)F)cc21. The Bertz CT molecular complexity index is 2160. The molecule has 352 valence electrons. The predicted molar refractivity (Wildman–Crippen MR) is 226 cm³/mol. The van der Waals surface area contributed by atoms with E-state index in [1.54, 1.807) is 0 Å². The van der Waals surface area contributed by atoms with E-state index in [9.17, 15) is 52.7 Å². The first-order chi connectivity index (χ1) is 30.3. The molecule has 0 aliphatic carbocycles. The lowest BCUT2D eigenvalue weighted by Crippen LogP contribution is -2.46. The Balaban J connectivity index is 1.53. The van der Waals surface area contributed by atoms with Crippen LogP contribution in [0.2, 0.25) is 0 Å². The zero-order valence-electron chi connectivity index (χ0n) is 34.9. The zero-order chi connectivity index (χ0) is 47.5. The fraction of sp³-hybridized carbons (Fsp3) is 0.450. The van der Waals surface area contributed by atoms with E-state index in [2.05, 4.69) is 36.0 Å². The van der Waals surface area contributed by atoms with Crippen molar-refractivity contribution in [2.45, 2.75) is 76.7 Å². The number of fused-ring (bicyclic) bond motifs is 2. The number of pyridine rings is 2. The maximum Gasteiger partial charge on any atom is 0.463 e. The molecule has 11 nitrogen and oxygen atoms in total. The highest BCUT2D eigenvalue weighted by Crippen LogP contribution is 2.48. The highest BCUT2D eigenvalue weighted by atomic mass is 32.2. The number of alkyl halides is 12. The number of hydrogen-bond donors (Lipinski definition) is 1. The number of anilines is 4. The Morgan fingerprint density at radius 2 is 0.969 bits per heavy atom. The molecule has 0 amide bonds. The highest BCUT2D eigenvalue weighted by Gasteiger charge is 2.40. The van der Waals surface area contributed by atoms with Gasteiger partial charge in [0.05, 0.1) is 46.4 Å². The third-order valence-electron chi connectivity index (χ3n) is 9.63. The lowest BCUT2D eigenvalue weighted by molar-refractivity contribution is -0.138.